The largest absolute Gasteiger partial charge is 0.480 e. The van der Waals surface area contributed by atoms with Gasteiger partial charge in [0.15, 0.2) is 6.10 Å². The highest BCUT2D eigenvalue weighted by atomic mass is 19.1. The molecular formula is C26H25FN2O3. The minimum Gasteiger partial charge on any atom is -0.480 e. The van der Waals surface area contributed by atoms with Crippen molar-refractivity contribution in [3.05, 3.63) is 95.3 Å². The van der Waals surface area contributed by atoms with Gasteiger partial charge in [-0.25, -0.2) is 4.39 Å². The smallest absolute Gasteiger partial charge is 0.264 e. The molecule has 1 aliphatic rings. The molecule has 0 aliphatic carbocycles. The number of hydrogen-bond acceptors (Lipinski definition) is 3. The van der Waals surface area contributed by atoms with E-state index in [1.165, 1.54) is 12.1 Å². The first-order chi connectivity index (χ1) is 15.5. The Hall–Kier alpha value is -3.67. The summed E-state index contributed by atoms with van der Waals surface area (Å²) in [6.45, 7) is 2.81. The minimum atomic E-state index is -0.543. The molecule has 0 saturated carbocycles. The van der Waals surface area contributed by atoms with Crippen LogP contribution in [0, 0.1) is 5.82 Å². The first kappa shape index (κ1) is 21.6. The Kier molecular flexibility index (Phi) is 6.50. The molecule has 4 rings (SSSR count). The zero-order valence-electron chi connectivity index (χ0n) is 17.9. The molecule has 3 aromatic rings. The Morgan fingerprint density at radius 2 is 1.81 bits per heavy atom. The van der Waals surface area contributed by atoms with E-state index in [1.807, 2.05) is 43.3 Å². The lowest BCUT2D eigenvalue weighted by molar-refractivity contribution is -0.139. The van der Waals surface area contributed by atoms with Crippen molar-refractivity contribution in [1.29, 1.82) is 0 Å². The second kappa shape index (κ2) is 9.64. The van der Waals surface area contributed by atoms with E-state index in [1.54, 1.807) is 29.2 Å². The number of anilines is 1. The van der Waals surface area contributed by atoms with E-state index in [0.29, 0.717) is 30.9 Å². The third-order valence-corrected chi connectivity index (χ3v) is 5.43. The van der Waals surface area contributed by atoms with Crippen molar-refractivity contribution in [2.45, 2.75) is 39.0 Å². The van der Waals surface area contributed by atoms with E-state index in [0.717, 1.165) is 16.7 Å². The van der Waals surface area contributed by atoms with Crippen molar-refractivity contribution in [1.82, 2.24) is 4.90 Å². The summed E-state index contributed by atoms with van der Waals surface area (Å²) >= 11 is 0. The SMILES string of the molecule is CCC1Oc2ccc(NC(=O)Cc3ccc(F)cc3)cc2CN(Cc2ccccc2)C1=O. The molecule has 32 heavy (non-hydrogen) atoms. The Morgan fingerprint density at radius 3 is 2.53 bits per heavy atom. The van der Waals surface area contributed by atoms with E-state index in [9.17, 15) is 14.0 Å². The van der Waals surface area contributed by atoms with Crippen molar-refractivity contribution >= 4 is 17.5 Å². The van der Waals surface area contributed by atoms with Crippen LogP contribution in [-0.2, 0) is 29.1 Å². The Labute approximate surface area is 186 Å². The van der Waals surface area contributed by atoms with E-state index < -0.39 is 6.10 Å². The first-order valence-corrected chi connectivity index (χ1v) is 10.7. The van der Waals surface area contributed by atoms with Gasteiger partial charge in [0, 0.05) is 24.3 Å². The van der Waals surface area contributed by atoms with Gasteiger partial charge in [-0.2, -0.15) is 0 Å². The van der Waals surface area contributed by atoms with Crippen LogP contribution in [0.1, 0.15) is 30.0 Å². The monoisotopic (exact) mass is 432 g/mol. The fraction of sp³-hybridized carbons (Fsp3) is 0.231. The van der Waals surface area contributed by atoms with Crippen molar-refractivity contribution in [2.75, 3.05) is 5.32 Å². The molecule has 1 unspecified atom stereocenters. The number of ether oxygens (including phenoxy) is 1. The highest BCUT2D eigenvalue weighted by Gasteiger charge is 2.30. The van der Waals surface area contributed by atoms with E-state index in [2.05, 4.69) is 5.32 Å². The lowest BCUT2D eigenvalue weighted by Gasteiger charge is -2.23. The van der Waals surface area contributed by atoms with Crippen LogP contribution >= 0.6 is 0 Å². The number of carbonyl (C=O) groups excluding carboxylic acids is 2. The molecule has 0 bridgehead atoms. The molecule has 0 fully saturated rings. The van der Waals surface area contributed by atoms with Gasteiger partial charge in [0.2, 0.25) is 5.91 Å². The number of carbonyl (C=O) groups is 2. The topological polar surface area (TPSA) is 58.6 Å². The van der Waals surface area contributed by atoms with Gasteiger partial charge >= 0.3 is 0 Å². The highest BCUT2D eigenvalue weighted by molar-refractivity contribution is 5.92. The molecule has 0 spiro atoms. The Morgan fingerprint density at radius 1 is 1.06 bits per heavy atom. The number of fused-ring (bicyclic) bond motifs is 1. The minimum absolute atomic E-state index is 0.0468. The van der Waals surface area contributed by atoms with Crippen LogP contribution in [0.3, 0.4) is 0 Å². The fourth-order valence-corrected chi connectivity index (χ4v) is 3.78. The van der Waals surface area contributed by atoms with Crippen LogP contribution < -0.4 is 10.1 Å². The standard InChI is InChI=1S/C26H25FN2O3/c1-2-23-26(31)29(16-19-6-4-3-5-7-19)17-20-15-22(12-13-24(20)32-23)28-25(30)14-18-8-10-21(27)11-9-18/h3-13,15,23H,2,14,16-17H2,1H3,(H,28,30). The maximum atomic E-state index is 13.1. The first-order valence-electron chi connectivity index (χ1n) is 10.7. The van der Waals surface area contributed by atoms with Gasteiger partial charge in [-0.3, -0.25) is 9.59 Å². The average molecular weight is 432 g/mol. The molecule has 0 saturated heterocycles. The number of hydrogen-bond donors (Lipinski definition) is 1. The summed E-state index contributed by atoms with van der Waals surface area (Å²) < 4.78 is 19.1. The summed E-state index contributed by atoms with van der Waals surface area (Å²) in [6.07, 6.45) is 0.170. The van der Waals surface area contributed by atoms with Gasteiger partial charge in [-0.05, 0) is 47.9 Å². The summed E-state index contributed by atoms with van der Waals surface area (Å²) in [6, 6.07) is 21.1. The van der Waals surface area contributed by atoms with E-state index >= 15 is 0 Å². The molecule has 0 aromatic heterocycles. The molecule has 3 aromatic carbocycles. The molecule has 1 N–H and O–H groups in total. The Balaban J connectivity index is 1.52. The summed E-state index contributed by atoms with van der Waals surface area (Å²) in [5, 5.41) is 2.88. The Bertz CT molecular complexity index is 1100. The molecule has 2 amide bonds. The van der Waals surface area contributed by atoms with Crippen LogP contribution in [0.25, 0.3) is 0 Å². The maximum Gasteiger partial charge on any atom is 0.264 e. The van der Waals surface area contributed by atoms with Crippen molar-refractivity contribution in [3.63, 3.8) is 0 Å². The normalized spacial score (nSPS) is 15.5. The quantitative estimate of drug-likeness (QED) is 0.614. The zero-order chi connectivity index (χ0) is 22.5. The number of nitrogens with zero attached hydrogens (tertiary/aromatic N) is 1. The molecule has 164 valence electrons. The summed E-state index contributed by atoms with van der Waals surface area (Å²) in [4.78, 5) is 27.3. The molecule has 0 radical (unpaired) electrons. The van der Waals surface area contributed by atoms with Gasteiger partial charge in [0.25, 0.3) is 5.91 Å². The van der Waals surface area contributed by atoms with Crippen LogP contribution in [0.5, 0.6) is 5.75 Å². The van der Waals surface area contributed by atoms with Crippen molar-refractivity contribution in [2.24, 2.45) is 0 Å². The number of benzene rings is 3. The molecule has 6 heteroatoms. The predicted octanol–water partition coefficient (Wildman–Crippen LogP) is 4.71. The van der Waals surface area contributed by atoms with Crippen LogP contribution in [0.2, 0.25) is 0 Å². The summed E-state index contributed by atoms with van der Waals surface area (Å²) in [7, 11) is 0. The van der Waals surface area contributed by atoms with Crippen LogP contribution in [0.15, 0.2) is 72.8 Å². The summed E-state index contributed by atoms with van der Waals surface area (Å²) in [5.41, 5.74) is 3.24. The van der Waals surface area contributed by atoms with Crippen molar-refractivity contribution < 1.29 is 18.7 Å². The second-order valence-electron chi connectivity index (χ2n) is 7.87. The maximum absolute atomic E-state index is 13.1. The average Bonchev–Trinajstić information content (AvgIpc) is 2.92. The number of nitrogens with one attached hydrogen (secondary N) is 1. The van der Waals surface area contributed by atoms with Gasteiger partial charge in [0.05, 0.1) is 6.42 Å². The predicted molar refractivity (Wildman–Crippen MR) is 121 cm³/mol. The molecule has 5 nitrogen and oxygen atoms in total. The lowest BCUT2D eigenvalue weighted by Crippen LogP contribution is -2.38. The molecule has 1 heterocycles. The van der Waals surface area contributed by atoms with E-state index in [4.69, 9.17) is 4.74 Å². The molecular weight excluding hydrogens is 407 g/mol. The third-order valence-electron chi connectivity index (χ3n) is 5.43. The number of amides is 2. The highest BCUT2D eigenvalue weighted by Crippen LogP contribution is 2.30. The van der Waals surface area contributed by atoms with E-state index in [-0.39, 0.29) is 24.1 Å². The van der Waals surface area contributed by atoms with Crippen molar-refractivity contribution in [3.8, 4) is 5.75 Å². The molecule has 1 atom stereocenters. The molecule has 1 aliphatic heterocycles. The zero-order valence-corrected chi connectivity index (χ0v) is 17.9. The second-order valence-corrected chi connectivity index (χ2v) is 7.87. The number of rotatable bonds is 6. The van der Waals surface area contributed by atoms with Crippen LogP contribution in [-0.4, -0.2) is 22.8 Å². The fourth-order valence-electron chi connectivity index (χ4n) is 3.78. The summed E-state index contributed by atoms with van der Waals surface area (Å²) in [5.74, 6) is 0.0707. The van der Waals surface area contributed by atoms with Gasteiger partial charge in [-0.15, -0.1) is 0 Å². The number of halogens is 1. The lowest BCUT2D eigenvalue weighted by atomic mass is 10.1. The van der Waals surface area contributed by atoms with Gasteiger partial charge in [-0.1, -0.05) is 49.4 Å². The van der Waals surface area contributed by atoms with Gasteiger partial charge < -0.3 is 15.0 Å². The third kappa shape index (κ3) is 5.14. The van der Waals surface area contributed by atoms with Crippen LogP contribution in [0.4, 0.5) is 10.1 Å². The van der Waals surface area contributed by atoms with Gasteiger partial charge in [0.1, 0.15) is 11.6 Å².